The summed E-state index contributed by atoms with van der Waals surface area (Å²) >= 11 is 0. The summed E-state index contributed by atoms with van der Waals surface area (Å²) in [6.07, 6.45) is 81.4. The topological polar surface area (TPSA) is 78.9 Å². The van der Waals surface area contributed by atoms with Gasteiger partial charge in [-0.2, -0.15) is 0 Å². The van der Waals surface area contributed by atoms with Crippen LogP contribution in [-0.4, -0.2) is 37.2 Å². The number of hydrogen-bond donors (Lipinski definition) is 0. The summed E-state index contributed by atoms with van der Waals surface area (Å²) in [5.74, 6) is -1.03. The van der Waals surface area contributed by atoms with Crippen molar-refractivity contribution in [2.75, 3.05) is 13.2 Å². The fourth-order valence-corrected chi connectivity index (χ4v) is 6.16. The summed E-state index contributed by atoms with van der Waals surface area (Å²) in [6.45, 7) is 6.15. The Morgan fingerprint density at radius 1 is 0.309 bits per heavy atom. The smallest absolute Gasteiger partial charge is 0.306 e. The van der Waals surface area contributed by atoms with Crippen LogP contribution >= 0.6 is 0 Å². The Bertz CT molecular complexity index is 1680. The third kappa shape index (κ3) is 51.5. The van der Waals surface area contributed by atoms with Crippen LogP contribution in [0, 0.1) is 0 Å². The normalized spacial score (nSPS) is 13.6. The summed E-state index contributed by atoms with van der Waals surface area (Å²) in [5.41, 5.74) is 0. The van der Waals surface area contributed by atoms with E-state index in [0.717, 1.165) is 116 Å². The minimum absolute atomic E-state index is 0.126. The molecule has 0 heterocycles. The first-order valence-electron chi connectivity index (χ1n) is 26.0. The highest BCUT2D eigenvalue weighted by Crippen LogP contribution is 2.12. The predicted octanol–water partition coefficient (Wildman–Crippen LogP) is 17.4. The van der Waals surface area contributed by atoms with Gasteiger partial charge >= 0.3 is 17.9 Å². The molecular formula is C62H90O6. The van der Waals surface area contributed by atoms with E-state index in [2.05, 4.69) is 87.6 Å². The molecule has 6 heteroatoms. The number of hydrogen-bond acceptors (Lipinski definition) is 6. The molecule has 0 saturated carbocycles. The van der Waals surface area contributed by atoms with E-state index in [1.807, 2.05) is 115 Å². The maximum Gasteiger partial charge on any atom is 0.306 e. The molecular weight excluding hydrogens is 841 g/mol. The second-order valence-corrected chi connectivity index (χ2v) is 16.3. The third-order valence-electron chi connectivity index (χ3n) is 9.99. The lowest BCUT2D eigenvalue weighted by Gasteiger charge is -2.18. The van der Waals surface area contributed by atoms with Crippen LogP contribution in [0.15, 0.2) is 182 Å². The minimum atomic E-state index is -0.831. The number of rotatable bonds is 43. The van der Waals surface area contributed by atoms with E-state index in [4.69, 9.17) is 14.2 Å². The molecule has 0 bridgehead atoms. The van der Waals surface area contributed by atoms with Gasteiger partial charge in [0, 0.05) is 19.3 Å². The van der Waals surface area contributed by atoms with Crippen molar-refractivity contribution < 1.29 is 28.6 Å². The molecule has 0 fully saturated rings. The molecule has 1 unspecified atom stereocenters. The maximum absolute atomic E-state index is 12.8. The van der Waals surface area contributed by atoms with Gasteiger partial charge < -0.3 is 14.2 Å². The molecule has 0 aliphatic carbocycles. The maximum atomic E-state index is 12.8. The summed E-state index contributed by atoms with van der Waals surface area (Å²) in [7, 11) is 0. The summed E-state index contributed by atoms with van der Waals surface area (Å²) in [6, 6.07) is 0. The first-order valence-corrected chi connectivity index (χ1v) is 26.0. The van der Waals surface area contributed by atoms with Crippen LogP contribution in [0.25, 0.3) is 0 Å². The largest absolute Gasteiger partial charge is 0.462 e. The van der Waals surface area contributed by atoms with E-state index in [0.29, 0.717) is 12.8 Å². The van der Waals surface area contributed by atoms with Gasteiger partial charge in [-0.15, -0.1) is 0 Å². The van der Waals surface area contributed by atoms with Crippen LogP contribution in [0.1, 0.15) is 168 Å². The third-order valence-corrected chi connectivity index (χ3v) is 9.99. The van der Waals surface area contributed by atoms with Crippen LogP contribution in [-0.2, 0) is 28.6 Å². The lowest BCUT2D eigenvalue weighted by Crippen LogP contribution is -2.30. The van der Waals surface area contributed by atoms with Crippen molar-refractivity contribution in [1.82, 2.24) is 0 Å². The standard InChI is InChI=1S/C62H90O6/c1-4-7-10-13-16-19-22-25-27-29-31-33-34-37-40-43-46-49-52-55-61(64)67-58-59(57-66-60(63)54-51-48-45-42-39-36-24-21-18-15-12-9-6-3)68-62(65)56-53-50-47-44-41-38-35-32-30-28-26-23-20-17-14-11-8-5-2/h7,9-35,37,40,59H,4-6,8,36,38-39,41-58H2,1-3H3/b10-7-,12-9-,14-11-,16-13-,18-15-,20-17-,22-19-,24-21-,26-23-,27-25-,30-28-,31-29+,34-33-,35-32-,40-37-. The van der Waals surface area contributed by atoms with E-state index >= 15 is 0 Å². The van der Waals surface area contributed by atoms with Crippen molar-refractivity contribution in [3.05, 3.63) is 182 Å². The molecule has 6 nitrogen and oxygen atoms in total. The number of ether oxygens (including phenoxy) is 3. The van der Waals surface area contributed by atoms with Crippen LogP contribution in [0.4, 0.5) is 0 Å². The Labute approximate surface area is 414 Å². The van der Waals surface area contributed by atoms with E-state index in [-0.39, 0.29) is 44.0 Å². The van der Waals surface area contributed by atoms with E-state index in [9.17, 15) is 14.4 Å². The number of carbonyl (C=O) groups excluding carboxylic acids is 3. The number of carbonyl (C=O) groups is 3. The monoisotopic (exact) mass is 931 g/mol. The van der Waals surface area contributed by atoms with Gasteiger partial charge in [-0.05, 0) is 77.0 Å². The fraction of sp³-hybridized carbons (Fsp3) is 0.468. The molecule has 0 spiro atoms. The Balaban J connectivity index is 4.63. The number of esters is 3. The molecule has 0 aliphatic rings. The molecule has 0 aromatic carbocycles. The van der Waals surface area contributed by atoms with Gasteiger partial charge in [0.05, 0.1) is 0 Å². The van der Waals surface area contributed by atoms with Crippen LogP contribution in [0.3, 0.4) is 0 Å². The molecule has 0 aromatic rings. The first-order chi connectivity index (χ1) is 33.5. The highest BCUT2D eigenvalue weighted by molar-refractivity contribution is 5.71. The first kappa shape index (κ1) is 62.5. The van der Waals surface area contributed by atoms with Gasteiger partial charge in [-0.3, -0.25) is 14.4 Å². The van der Waals surface area contributed by atoms with Gasteiger partial charge in [0.15, 0.2) is 6.10 Å². The second kappa shape index (κ2) is 54.1. The Hall–Kier alpha value is -5.49. The van der Waals surface area contributed by atoms with E-state index < -0.39 is 6.10 Å². The molecule has 0 saturated heterocycles. The molecule has 0 aliphatic heterocycles. The fourth-order valence-electron chi connectivity index (χ4n) is 6.16. The summed E-state index contributed by atoms with van der Waals surface area (Å²) in [5, 5.41) is 0. The summed E-state index contributed by atoms with van der Waals surface area (Å²) in [4.78, 5) is 38.0. The number of allylic oxidation sites excluding steroid dienone is 30. The Morgan fingerprint density at radius 3 is 0.912 bits per heavy atom. The van der Waals surface area contributed by atoms with Gasteiger partial charge in [0.25, 0.3) is 0 Å². The van der Waals surface area contributed by atoms with Gasteiger partial charge in [-0.25, -0.2) is 0 Å². The average Bonchev–Trinajstić information content (AvgIpc) is 3.34. The second-order valence-electron chi connectivity index (χ2n) is 16.3. The molecule has 1 atom stereocenters. The predicted molar refractivity (Wildman–Crippen MR) is 292 cm³/mol. The molecule has 0 radical (unpaired) electrons. The molecule has 0 rings (SSSR count). The SMILES string of the molecule is CC\C=C/C=C\C=C/C=C\C=C\C=C/C=C\CCCCCC(=O)OCC(COC(=O)CCCCCCC\C=C/C=C\C=C/CC)OC(=O)CCCCCCC\C=C/C=C\C=C/C=C\C=C/CCC. The van der Waals surface area contributed by atoms with Crippen molar-refractivity contribution in [1.29, 1.82) is 0 Å². The van der Waals surface area contributed by atoms with Gasteiger partial charge in [0.2, 0.25) is 0 Å². The van der Waals surface area contributed by atoms with Crippen LogP contribution in [0.5, 0.6) is 0 Å². The molecule has 374 valence electrons. The van der Waals surface area contributed by atoms with E-state index in [1.54, 1.807) is 0 Å². The van der Waals surface area contributed by atoms with Crippen molar-refractivity contribution >= 4 is 17.9 Å². The average molecular weight is 931 g/mol. The lowest BCUT2D eigenvalue weighted by molar-refractivity contribution is -0.167. The van der Waals surface area contributed by atoms with Crippen LogP contribution < -0.4 is 0 Å². The quantitative estimate of drug-likeness (QED) is 0.0262. The number of unbranched alkanes of at least 4 members (excludes halogenated alkanes) is 14. The zero-order valence-electron chi connectivity index (χ0n) is 42.5. The highest BCUT2D eigenvalue weighted by Gasteiger charge is 2.19. The van der Waals surface area contributed by atoms with Crippen molar-refractivity contribution in [3.8, 4) is 0 Å². The summed E-state index contributed by atoms with van der Waals surface area (Å²) < 4.78 is 16.7. The van der Waals surface area contributed by atoms with Crippen molar-refractivity contribution in [2.24, 2.45) is 0 Å². The zero-order valence-corrected chi connectivity index (χ0v) is 42.5. The van der Waals surface area contributed by atoms with Gasteiger partial charge in [-0.1, -0.05) is 254 Å². The van der Waals surface area contributed by atoms with E-state index in [1.165, 1.54) is 6.42 Å². The molecule has 0 N–H and O–H groups in total. The Morgan fingerprint density at radius 2 is 0.574 bits per heavy atom. The van der Waals surface area contributed by atoms with Crippen LogP contribution in [0.2, 0.25) is 0 Å². The molecule has 0 amide bonds. The Kier molecular flexibility index (Phi) is 49.7. The highest BCUT2D eigenvalue weighted by atomic mass is 16.6. The van der Waals surface area contributed by atoms with Gasteiger partial charge in [0.1, 0.15) is 13.2 Å². The molecule has 0 aromatic heterocycles. The zero-order chi connectivity index (χ0) is 49.3. The lowest BCUT2D eigenvalue weighted by atomic mass is 10.1. The van der Waals surface area contributed by atoms with Crippen molar-refractivity contribution in [3.63, 3.8) is 0 Å². The minimum Gasteiger partial charge on any atom is -0.462 e. The van der Waals surface area contributed by atoms with Crippen molar-refractivity contribution in [2.45, 2.75) is 175 Å². The molecule has 68 heavy (non-hydrogen) atoms.